The molecule has 28 heavy (non-hydrogen) atoms. The minimum Gasteiger partial charge on any atom is -0.494 e. The second-order valence-electron chi connectivity index (χ2n) is 7.01. The molecule has 1 fully saturated rings. The van der Waals surface area contributed by atoms with Gasteiger partial charge in [0, 0.05) is 23.3 Å². The highest BCUT2D eigenvalue weighted by Gasteiger charge is 2.21. The molecule has 1 N–H and O–H groups in total. The molecule has 4 rings (SSSR count). The quantitative estimate of drug-likeness (QED) is 0.666. The van der Waals surface area contributed by atoms with Crippen LogP contribution < -0.4 is 4.74 Å². The molecule has 2 aromatic carbocycles. The van der Waals surface area contributed by atoms with Crippen LogP contribution in [0.2, 0.25) is 0 Å². The van der Waals surface area contributed by atoms with Crippen molar-refractivity contribution in [1.82, 2.24) is 9.55 Å². The first-order chi connectivity index (χ1) is 13.8. The maximum atomic E-state index is 9.83. The lowest BCUT2D eigenvalue weighted by Gasteiger charge is -2.16. The predicted molar refractivity (Wildman–Crippen MR) is 109 cm³/mol. The van der Waals surface area contributed by atoms with Gasteiger partial charge in [0.2, 0.25) is 0 Å². The average molecular weight is 378 g/mol. The zero-order valence-electron chi connectivity index (χ0n) is 16.2. The van der Waals surface area contributed by atoms with Crippen LogP contribution in [0.5, 0.6) is 5.75 Å². The molecule has 0 amide bonds. The topological polar surface area (TPSA) is 56.5 Å². The van der Waals surface area contributed by atoms with E-state index in [1.165, 1.54) is 0 Å². The summed E-state index contributed by atoms with van der Waals surface area (Å²) >= 11 is 0. The molecule has 146 valence electrons. The van der Waals surface area contributed by atoms with Crippen molar-refractivity contribution in [3.63, 3.8) is 0 Å². The Morgan fingerprint density at radius 1 is 1.18 bits per heavy atom. The van der Waals surface area contributed by atoms with Crippen molar-refractivity contribution in [2.24, 2.45) is 0 Å². The third-order valence-corrected chi connectivity index (χ3v) is 5.11. The van der Waals surface area contributed by atoms with E-state index in [-0.39, 0.29) is 12.7 Å². The van der Waals surface area contributed by atoms with Gasteiger partial charge >= 0.3 is 0 Å². The standard InChI is InChI=1S/C23H26N2O3/c1-2-27-21-11-10-18(13-19(21)15-26)23-22(17-7-4-3-5-8-17)24-16-25(23)14-20-9-6-12-28-20/h3-5,7-8,10-11,13,16,20,26H,2,6,9,12,14-15H2,1H3/t20-/m1/s1. The van der Waals surface area contributed by atoms with Crippen LogP contribution in [0.1, 0.15) is 25.3 Å². The van der Waals surface area contributed by atoms with Gasteiger partial charge in [-0.15, -0.1) is 0 Å². The second kappa shape index (κ2) is 8.59. The lowest BCUT2D eigenvalue weighted by Crippen LogP contribution is -2.15. The third kappa shape index (κ3) is 3.81. The molecule has 1 atom stereocenters. The zero-order valence-corrected chi connectivity index (χ0v) is 16.2. The van der Waals surface area contributed by atoms with E-state index in [1.54, 1.807) is 0 Å². The molecular formula is C23H26N2O3. The summed E-state index contributed by atoms with van der Waals surface area (Å²) in [6.07, 6.45) is 4.30. The first-order valence-corrected chi connectivity index (χ1v) is 9.89. The SMILES string of the molecule is CCOc1ccc(-c2c(-c3ccccc3)ncn2C[C@H]2CCCO2)cc1CO. The number of aromatic nitrogens is 2. The van der Waals surface area contributed by atoms with Crippen molar-refractivity contribution in [2.75, 3.05) is 13.2 Å². The summed E-state index contributed by atoms with van der Waals surface area (Å²) in [6, 6.07) is 16.2. The molecule has 1 aliphatic heterocycles. The summed E-state index contributed by atoms with van der Waals surface area (Å²) in [4.78, 5) is 4.73. The Hall–Kier alpha value is -2.63. The number of ether oxygens (including phenoxy) is 2. The Bertz CT molecular complexity index is 915. The van der Waals surface area contributed by atoms with Crippen LogP contribution in [0, 0.1) is 0 Å². The molecule has 0 spiro atoms. The van der Waals surface area contributed by atoms with Gasteiger partial charge in [0.05, 0.1) is 43.6 Å². The zero-order chi connectivity index (χ0) is 19.3. The lowest BCUT2D eigenvalue weighted by atomic mass is 10.0. The second-order valence-corrected chi connectivity index (χ2v) is 7.01. The van der Waals surface area contributed by atoms with E-state index in [4.69, 9.17) is 14.5 Å². The molecule has 1 saturated heterocycles. The van der Waals surface area contributed by atoms with Crippen LogP contribution in [0.15, 0.2) is 54.9 Å². The van der Waals surface area contributed by atoms with Crippen LogP contribution in [0.25, 0.3) is 22.5 Å². The Kier molecular flexibility index (Phi) is 5.74. The summed E-state index contributed by atoms with van der Waals surface area (Å²) in [6.45, 7) is 4.05. The Morgan fingerprint density at radius 2 is 2.04 bits per heavy atom. The molecule has 0 aliphatic carbocycles. The van der Waals surface area contributed by atoms with Gasteiger partial charge in [-0.25, -0.2) is 4.98 Å². The number of benzene rings is 2. The molecule has 5 heteroatoms. The summed E-state index contributed by atoms with van der Waals surface area (Å²) < 4.78 is 13.7. The molecule has 1 aromatic heterocycles. The maximum absolute atomic E-state index is 9.83. The Balaban J connectivity index is 1.79. The van der Waals surface area contributed by atoms with Gasteiger partial charge in [-0.2, -0.15) is 0 Å². The minimum absolute atomic E-state index is 0.0658. The summed E-state index contributed by atoms with van der Waals surface area (Å²) in [5.41, 5.74) is 4.85. The fourth-order valence-electron chi connectivity index (χ4n) is 3.78. The largest absolute Gasteiger partial charge is 0.494 e. The summed E-state index contributed by atoms with van der Waals surface area (Å²) in [7, 11) is 0. The molecule has 3 aromatic rings. The first-order valence-electron chi connectivity index (χ1n) is 9.89. The molecule has 0 radical (unpaired) electrons. The molecule has 0 bridgehead atoms. The van der Waals surface area contributed by atoms with Crippen LogP contribution in [-0.2, 0) is 17.9 Å². The van der Waals surface area contributed by atoms with Crippen LogP contribution in [-0.4, -0.2) is 34.0 Å². The average Bonchev–Trinajstić information content (AvgIpc) is 3.40. The van der Waals surface area contributed by atoms with Gasteiger partial charge in [0.25, 0.3) is 0 Å². The molecule has 5 nitrogen and oxygen atoms in total. The van der Waals surface area contributed by atoms with E-state index in [9.17, 15) is 5.11 Å². The highest BCUT2D eigenvalue weighted by Crippen LogP contribution is 2.34. The van der Waals surface area contributed by atoms with Gasteiger partial charge in [-0.05, 0) is 38.0 Å². The van der Waals surface area contributed by atoms with E-state index < -0.39 is 0 Å². The first kappa shape index (κ1) is 18.7. The van der Waals surface area contributed by atoms with Crippen molar-refractivity contribution in [1.29, 1.82) is 0 Å². The van der Waals surface area contributed by atoms with Crippen LogP contribution >= 0.6 is 0 Å². The molecule has 1 aliphatic rings. The van der Waals surface area contributed by atoms with E-state index in [0.29, 0.717) is 6.61 Å². The number of hydrogen-bond donors (Lipinski definition) is 1. The van der Waals surface area contributed by atoms with Crippen molar-refractivity contribution in [3.8, 4) is 28.3 Å². The van der Waals surface area contributed by atoms with Crippen molar-refractivity contribution in [3.05, 3.63) is 60.4 Å². The Labute approximate surface area is 165 Å². The van der Waals surface area contributed by atoms with Gasteiger partial charge in [0.1, 0.15) is 5.75 Å². The van der Waals surface area contributed by atoms with E-state index in [1.807, 2.05) is 49.6 Å². The molecule has 0 saturated carbocycles. The smallest absolute Gasteiger partial charge is 0.124 e. The third-order valence-electron chi connectivity index (χ3n) is 5.11. The summed E-state index contributed by atoms with van der Waals surface area (Å²) in [5, 5.41) is 9.83. The number of rotatable bonds is 7. The van der Waals surface area contributed by atoms with Crippen molar-refractivity contribution < 1.29 is 14.6 Å². The number of aliphatic hydroxyl groups is 1. The van der Waals surface area contributed by atoms with E-state index >= 15 is 0 Å². The number of nitrogens with zero attached hydrogens (tertiary/aromatic N) is 2. The lowest BCUT2D eigenvalue weighted by molar-refractivity contribution is 0.0973. The summed E-state index contributed by atoms with van der Waals surface area (Å²) in [5.74, 6) is 0.722. The van der Waals surface area contributed by atoms with Gasteiger partial charge in [-0.3, -0.25) is 0 Å². The molecular weight excluding hydrogens is 352 g/mol. The van der Waals surface area contributed by atoms with Crippen LogP contribution in [0.3, 0.4) is 0 Å². The highest BCUT2D eigenvalue weighted by atomic mass is 16.5. The molecule has 0 unspecified atom stereocenters. The number of aliphatic hydroxyl groups excluding tert-OH is 1. The fourth-order valence-corrected chi connectivity index (χ4v) is 3.78. The fraction of sp³-hybridized carbons (Fsp3) is 0.348. The van der Waals surface area contributed by atoms with Crippen molar-refractivity contribution >= 4 is 0 Å². The highest BCUT2D eigenvalue weighted by molar-refractivity contribution is 5.79. The van der Waals surface area contributed by atoms with Gasteiger partial charge in [0.15, 0.2) is 0 Å². The van der Waals surface area contributed by atoms with Crippen LogP contribution in [0.4, 0.5) is 0 Å². The maximum Gasteiger partial charge on any atom is 0.124 e. The number of imidazole rings is 1. The minimum atomic E-state index is -0.0658. The monoisotopic (exact) mass is 378 g/mol. The van der Waals surface area contributed by atoms with E-state index in [2.05, 4.69) is 16.7 Å². The van der Waals surface area contributed by atoms with E-state index in [0.717, 1.165) is 59.8 Å². The number of hydrogen-bond acceptors (Lipinski definition) is 4. The van der Waals surface area contributed by atoms with Gasteiger partial charge in [-0.1, -0.05) is 30.3 Å². The predicted octanol–water partition coefficient (Wildman–Crippen LogP) is 4.29. The van der Waals surface area contributed by atoms with Gasteiger partial charge < -0.3 is 19.1 Å². The molecule has 2 heterocycles. The van der Waals surface area contributed by atoms with Crippen molar-refractivity contribution in [2.45, 2.75) is 39.0 Å². The Morgan fingerprint density at radius 3 is 2.75 bits per heavy atom. The normalized spacial score (nSPS) is 16.4.